The highest BCUT2D eigenvalue weighted by Gasteiger charge is 2.41. The average molecular weight is 333 g/mol. The Morgan fingerprint density at radius 2 is 1.71 bits per heavy atom. The number of hydrogen-bond acceptors (Lipinski definition) is 6. The van der Waals surface area contributed by atoms with E-state index in [-0.39, 0.29) is 30.1 Å². The zero-order valence-electron chi connectivity index (χ0n) is 13.8. The fraction of sp³-hybridized carbons (Fsp3) is 0.353. The summed E-state index contributed by atoms with van der Waals surface area (Å²) in [5, 5.41) is 0. The number of ether oxygens (including phenoxy) is 3. The molecular formula is C17H19NO6. The summed E-state index contributed by atoms with van der Waals surface area (Å²) in [7, 11) is 2.96. The summed E-state index contributed by atoms with van der Waals surface area (Å²) in [6.45, 7) is 1.77. The van der Waals surface area contributed by atoms with Gasteiger partial charge in [-0.1, -0.05) is 12.1 Å². The van der Waals surface area contributed by atoms with E-state index in [1.807, 2.05) is 0 Å². The molecule has 0 bridgehead atoms. The van der Waals surface area contributed by atoms with E-state index in [0.717, 1.165) is 4.90 Å². The fourth-order valence-corrected chi connectivity index (χ4v) is 2.33. The van der Waals surface area contributed by atoms with Crippen molar-refractivity contribution in [3.63, 3.8) is 0 Å². The molecule has 1 aromatic carbocycles. The molecule has 0 aromatic heterocycles. The summed E-state index contributed by atoms with van der Waals surface area (Å²) in [5.74, 6) is -1.47. The van der Waals surface area contributed by atoms with Crippen molar-refractivity contribution in [3.8, 4) is 0 Å². The lowest BCUT2D eigenvalue weighted by Gasteiger charge is -2.21. The SMILES string of the molecule is COC/C=C(\COC)OC(=O)[C@H](C)N1C(=O)c2ccccc2C1=O. The molecule has 24 heavy (non-hydrogen) atoms. The second-order valence-electron chi connectivity index (χ2n) is 5.18. The Balaban J connectivity index is 2.14. The minimum atomic E-state index is -1.06. The van der Waals surface area contributed by atoms with Crippen LogP contribution in [0, 0.1) is 0 Å². The topological polar surface area (TPSA) is 82.1 Å². The highest BCUT2D eigenvalue weighted by molar-refractivity contribution is 6.22. The first-order valence-corrected chi connectivity index (χ1v) is 7.36. The number of esters is 1. The number of nitrogens with zero attached hydrogens (tertiary/aromatic N) is 1. The molecule has 1 atom stereocenters. The molecule has 1 aliphatic heterocycles. The number of methoxy groups -OCH3 is 2. The molecule has 7 nitrogen and oxygen atoms in total. The number of hydrogen-bond donors (Lipinski definition) is 0. The van der Waals surface area contributed by atoms with Crippen LogP contribution in [0.2, 0.25) is 0 Å². The van der Waals surface area contributed by atoms with E-state index in [4.69, 9.17) is 14.2 Å². The van der Waals surface area contributed by atoms with Gasteiger partial charge in [0.15, 0.2) is 0 Å². The van der Waals surface area contributed by atoms with E-state index in [1.165, 1.54) is 21.1 Å². The van der Waals surface area contributed by atoms with Crippen LogP contribution < -0.4 is 0 Å². The first-order chi connectivity index (χ1) is 11.5. The summed E-state index contributed by atoms with van der Waals surface area (Å²) >= 11 is 0. The van der Waals surface area contributed by atoms with Crippen molar-refractivity contribution in [2.24, 2.45) is 0 Å². The van der Waals surface area contributed by atoms with Crippen LogP contribution in [-0.4, -0.2) is 56.2 Å². The molecule has 0 radical (unpaired) electrons. The maximum absolute atomic E-state index is 12.4. The van der Waals surface area contributed by atoms with Gasteiger partial charge in [0.2, 0.25) is 0 Å². The normalized spacial score (nSPS) is 15.5. The van der Waals surface area contributed by atoms with Gasteiger partial charge in [-0.05, 0) is 25.1 Å². The minimum absolute atomic E-state index is 0.0734. The number of carbonyl (C=O) groups is 3. The van der Waals surface area contributed by atoms with Crippen molar-refractivity contribution < 1.29 is 28.6 Å². The lowest BCUT2D eigenvalue weighted by atomic mass is 10.1. The zero-order valence-corrected chi connectivity index (χ0v) is 13.8. The third-order valence-electron chi connectivity index (χ3n) is 3.55. The van der Waals surface area contributed by atoms with Gasteiger partial charge >= 0.3 is 5.97 Å². The van der Waals surface area contributed by atoms with E-state index in [1.54, 1.807) is 30.3 Å². The van der Waals surface area contributed by atoms with Gasteiger partial charge in [-0.15, -0.1) is 0 Å². The van der Waals surface area contributed by atoms with Crippen LogP contribution in [-0.2, 0) is 19.0 Å². The van der Waals surface area contributed by atoms with Crippen molar-refractivity contribution in [2.45, 2.75) is 13.0 Å². The number of rotatable bonds is 7. The maximum atomic E-state index is 12.4. The van der Waals surface area contributed by atoms with Crippen LogP contribution in [0.1, 0.15) is 27.6 Å². The predicted octanol–water partition coefficient (Wildman–Crippen LogP) is 1.39. The smallest absolute Gasteiger partial charge is 0.334 e. The molecule has 0 fully saturated rings. The fourth-order valence-electron chi connectivity index (χ4n) is 2.33. The molecule has 7 heteroatoms. The summed E-state index contributed by atoms with van der Waals surface area (Å²) in [6, 6.07) is 5.40. The number of fused-ring (bicyclic) bond motifs is 1. The largest absolute Gasteiger partial charge is 0.427 e. The van der Waals surface area contributed by atoms with Crippen LogP contribution in [0.4, 0.5) is 0 Å². The van der Waals surface area contributed by atoms with Gasteiger partial charge in [0.05, 0.1) is 17.7 Å². The van der Waals surface area contributed by atoms with Crippen molar-refractivity contribution in [2.75, 3.05) is 27.4 Å². The monoisotopic (exact) mass is 333 g/mol. The highest BCUT2D eigenvalue weighted by atomic mass is 16.6. The van der Waals surface area contributed by atoms with Gasteiger partial charge in [0.25, 0.3) is 11.8 Å². The second-order valence-corrected chi connectivity index (χ2v) is 5.18. The molecule has 1 heterocycles. The van der Waals surface area contributed by atoms with Gasteiger partial charge in [-0.25, -0.2) is 4.79 Å². The standard InChI is InChI=1S/C17H19NO6/c1-11(17(21)24-12(10-23-3)8-9-22-2)18-15(19)13-6-4-5-7-14(13)16(18)20/h4-8,11H,9-10H2,1-3H3/b12-8+/t11-/m0/s1. The third kappa shape index (κ3) is 3.52. The summed E-state index contributed by atoms with van der Waals surface area (Å²) < 4.78 is 15.1. The molecule has 0 N–H and O–H groups in total. The van der Waals surface area contributed by atoms with Crippen LogP contribution >= 0.6 is 0 Å². The summed E-state index contributed by atoms with van der Waals surface area (Å²) in [5.41, 5.74) is 0.573. The highest BCUT2D eigenvalue weighted by Crippen LogP contribution is 2.25. The van der Waals surface area contributed by atoms with Gasteiger partial charge in [0.1, 0.15) is 18.4 Å². The van der Waals surface area contributed by atoms with Crippen molar-refractivity contribution >= 4 is 17.8 Å². The summed E-state index contributed by atoms with van der Waals surface area (Å²) in [4.78, 5) is 38.0. The molecule has 0 saturated carbocycles. The molecule has 128 valence electrons. The Morgan fingerprint density at radius 3 is 2.21 bits per heavy atom. The van der Waals surface area contributed by atoms with E-state index in [2.05, 4.69) is 0 Å². The van der Waals surface area contributed by atoms with Crippen LogP contribution in [0.3, 0.4) is 0 Å². The first kappa shape index (κ1) is 17.8. The van der Waals surface area contributed by atoms with Gasteiger partial charge in [0, 0.05) is 14.2 Å². The Kier molecular flexibility index (Phi) is 5.83. The minimum Gasteiger partial charge on any atom is -0.427 e. The molecular weight excluding hydrogens is 314 g/mol. The Hall–Kier alpha value is -2.51. The first-order valence-electron chi connectivity index (χ1n) is 7.36. The molecule has 0 saturated heterocycles. The van der Waals surface area contributed by atoms with E-state index < -0.39 is 23.8 Å². The second kappa shape index (κ2) is 7.85. The Labute approximate surface area is 139 Å². The molecule has 1 aromatic rings. The van der Waals surface area contributed by atoms with E-state index >= 15 is 0 Å². The zero-order chi connectivity index (χ0) is 17.7. The molecule has 2 amide bonds. The van der Waals surface area contributed by atoms with Crippen LogP contribution in [0.25, 0.3) is 0 Å². The number of imide groups is 1. The van der Waals surface area contributed by atoms with Crippen molar-refractivity contribution in [3.05, 3.63) is 47.2 Å². The lowest BCUT2D eigenvalue weighted by Crippen LogP contribution is -2.43. The average Bonchev–Trinajstić information content (AvgIpc) is 2.83. The van der Waals surface area contributed by atoms with E-state index in [0.29, 0.717) is 0 Å². The van der Waals surface area contributed by atoms with Gasteiger partial charge in [-0.2, -0.15) is 0 Å². The lowest BCUT2D eigenvalue weighted by molar-refractivity contribution is -0.144. The predicted molar refractivity (Wildman–Crippen MR) is 84.3 cm³/mol. The number of carbonyl (C=O) groups excluding carboxylic acids is 3. The molecule has 0 spiro atoms. The van der Waals surface area contributed by atoms with Gasteiger partial charge < -0.3 is 14.2 Å². The van der Waals surface area contributed by atoms with Crippen molar-refractivity contribution in [1.29, 1.82) is 0 Å². The van der Waals surface area contributed by atoms with Crippen LogP contribution in [0.5, 0.6) is 0 Å². The molecule has 0 aliphatic carbocycles. The third-order valence-corrected chi connectivity index (χ3v) is 3.55. The molecule has 0 unspecified atom stereocenters. The summed E-state index contributed by atoms with van der Waals surface area (Å²) in [6.07, 6.45) is 1.55. The molecule has 2 rings (SSSR count). The van der Waals surface area contributed by atoms with Gasteiger partial charge in [-0.3, -0.25) is 14.5 Å². The Bertz CT molecular complexity index is 646. The number of benzene rings is 1. The molecule has 1 aliphatic rings. The van der Waals surface area contributed by atoms with Crippen LogP contribution in [0.15, 0.2) is 36.1 Å². The Morgan fingerprint density at radius 1 is 1.12 bits per heavy atom. The van der Waals surface area contributed by atoms with Crippen molar-refractivity contribution in [1.82, 2.24) is 4.90 Å². The van der Waals surface area contributed by atoms with E-state index in [9.17, 15) is 14.4 Å². The quantitative estimate of drug-likeness (QED) is 0.426. The maximum Gasteiger partial charge on any atom is 0.334 e. The number of amides is 2.